The lowest BCUT2D eigenvalue weighted by atomic mass is 10.0. The molecule has 0 saturated heterocycles. The molecule has 7 heteroatoms. The molecule has 130 valence electrons. The van der Waals surface area contributed by atoms with Crippen LogP contribution in [-0.4, -0.2) is 32.8 Å². The number of carbonyl (C=O) groups is 1. The van der Waals surface area contributed by atoms with Gasteiger partial charge in [-0.15, -0.1) is 0 Å². The molecule has 1 aromatic carbocycles. The second-order valence-corrected chi connectivity index (χ2v) is 6.59. The molecule has 0 spiro atoms. The zero-order valence-corrected chi connectivity index (χ0v) is 15.6. The summed E-state index contributed by atoms with van der Waals surface area (Å²) < 4.78 is 7.90. The number of benzene rings is 1. The summed E-state index contributed by atoms with van der Waals surface area (Å²) in [6.07, 6.45) is 3.45. The highest BCUT2D eigenvalue weighted by Crippen LogP contribution is 2.27. The van der Waals surface area contributed by atoms with Crippen LogP contribution in [0.5, 0.6) is 0 Å². The Morgan fingerprint density at radius 1 is 1.31 bits per heavy atom. The Hall–Kier alpha value is -2.80. The predicted octanol–water partition coefficient (Wildman–Crippen LogP) is 3.56. The van der Waals surface area contributed by atoms with Crippen LogP contribution in [0.1, 0.15) is 34.5 Å². The van der Waals surface area contributed by atoms with Gasteiger partial charge in [-0.05, 0) is 37.3 Å². The molecule has 3 aromatic rings. The van der Waals surface area contributed by atoms with E-state index >= 15 is 0 Å². The number of halogens is 1. The molecule has 0 N–H and O–H groups in total. The molecule has 0 aliphatic carbocycles. The molecule has 6 nitrogen and oxygen atoms in total. The molecule has 0 amide bonds. The van der Waals surface area contributed by atoms with Crippen molar-refractivity contribution in [2.45, 2.75) is 13.5 Å². The summed E-state index contributed by atoms with van der Waals surface area (Å²) in [5.74, 6) is 0.253. The summed E-state index contributed by atoms with van der Waals surface area (Å²) >= 11 is 3.53. The number of carbonyl (C=O) groups excluding carboxylic acids is 1. The van der Waals surface area contributed by atoms with Crippen LogP contribution in [0.15, 0.2) is 58.3 Å². The minimum Gasteiger partial charge on any atom is -0.461 e. The van der Waals surface area contributed by atoms with E-state index in [4.69, 9.17) is 9.73 Å². The van der Waals surface area contributed by atoms with Crippen molar-refractivity contribution in [3.63, 3.8) is 0 Å². The minimum atomic E-state index is -0.430. The van der Waals surface area contributed by atoms with Crippen LogP contribution < -0.4 is 0 Å². The Kier molecular flexibility index (Phi) is 4.38. The van der Waals surface area contributed by atoms with Gasteiger partial charge >= 0.3 is 5.97 Å². The number of ether oxygens (including phenoxy) is 1. The van der Waals surface area contributed by atoms with Gasteiger partial charge in [-0.3, -0.25) is 9.98 Å². The Morgan fingerprint density at radius 3 is 2.96 bits per heavy atom. The summed E-state index contributed by atoms with van der Waals surface area (Å²) in [7, 11) is 0. The molecule has 26 heavy (non-hydrogen) atoms. The number of imidazole rings is 1. The Labute approximate surface area is 158 Å². The van der Waals surface area contributed by atoms with Crippen molar-refractivity contribution in [2.75, 3.05) is 6.61 Å². The number of aliphatic imine (C=N–C) groups is 1. The van der Waals surface area contributed by atoms with E-state index in [-0.39, 0.29) is 5.69 Å². The zero-order chi connectivity index (χ0) is 18.1. The first-order valence-electron chi connectivity index (χ1n) is 8.19. The molecular weight excluding hydrogens is 396 g/mol. The van der Waals surface area contributed by atoms with Gasteiger partial charge in [-0.25, -0.2) is 9.78 Å². The summed E-state index contributed by atoms with van der Waals surface area (Å²) in [6.45, 7) is 2.43. The van der Waals surface area contributed by atoms with Crippen molar-refractivity contribution in [2.24, 2.45) is 4.99 Å². The van der Waals surface area contributed by atoms with E-state index in [0.717, 1.165) is 27.1 Å². The molecule has 0 atom stereocenters. The van der Waals surface area contributed by atoms with E-state index in [2.05, 4.69) is 25.9 Å². The topological polar surface area (TPSA) is 69.4 Å². The molecule has 0 saturated carbocycles. The lowest BCUT2D eigenvalue weighted by Crippen LogP contribution is -2.09. The summed E-state index contributed by atoms with van der Waals surface area (Å²) in [5, 5.41) is 0. The van der Waals surface area contributed by atoms with Crippen molar-refractivity contribution < 1.29 is 9.53 Å². The van der Waals surface area contributed by atoms with Crippen LogP contribution >= 0.6 is 15.9 Å². The van der Waals surface area contributed by atoms with E-state index in [1.165, 1.54) is 0 Å². The van der Waals surface area contributed by atoms with Crippen molar-refractivity contribution in [3.8, 4) is 5.69 Å². The first-order valence-corrected chi connectivity index (χ1v) is 8.98. The quantitative estimate of drug-likeness (QED) is 0.618. The van der Waals surface area contributed by atoms with Gasteiger partial charge in [0.2, 0.25) is 0 Å². The number of esters is 1. The van der Waals surface area contributed by atoms with E-state index in [1.807, 2.05) is 41.0 Å². The van der Waals surface area contributed by atoms with Gasteiger partial charge in [0.25, 0.3) is 0 Å². The molecule has 4 rings (SSSR count). The first-order chi connectivity index (χ1) is 12.7. The number of rotatable bonds is 3. The highest BCUT2D eigenvalue weighted by molar-refractivity contribution is 9.10. The van der Waals surface area contributed by atoms with Gasteiger partial charge in [0.1, 0.15) is 5.82 Å². The van der Waals surface area contributed by atoms with Crippen LogP contribution in [0.3, 0.4) is 0 Å². The summed E-state index contributed by atoms with van der Waals surface area (Å²) in [4.78, 5) is 25.7. The van der Waals surface area contributed by atoms with E-state index < -0.39 is 5.97 Å². The average Bonchev–Trinajstić information content (AvgIpc) is 3.01. The lowest BCUT2D eigenvalue weighted by Gasteiger charge is -2.11. The average molecular weight is 411 g/mol. The number of hydrogen-bond donors (Lipinski definition) is 0. The third-order valence-electron chi connectivity index (χ3n) is 4.02. The largest absolute Gasteiger partial charge is 0.461 e. The fourth-order valence-electron chi connectivity index (χ4n) is 2.91. The molecule has 3 heterocycles. The fraction of sp³-hybridized carbons (Fsp3) is 0.158. The Morgan fingerprint density at radius 2 is 2.19 bits per heavy atom. The smallest absolute Gasteiger partial charge is 0.358 e. The third kappa shape index (κ3) is 2.94. The van der Waals surface area contributed by atoms with Gasteiger partial charge in [0.05, 0.1) is 30.2 Å². The SMILES string of the molecule is CCOC(=O)c1cn2c(n1)CN=C(c1ccccn1)c1cc(Br)ccc1-2. The van der Waals surface area contributed by atoms with Crippen LogP contribution in [0.4, 0.5) is 0 Å². The van der Waals surface area contributed by atoms with Crippen molar-refractivity contribution >= 4 is 27.6 Å². The number of hydrogen-bond acceptors (Lipinski definition) is 5. The van der Waals surface area contributed by atoms with Gasteiger partial charge in [0.15, 0.2) is 5.69 Å². The highest BCUT2D eigenvalue weighted by Gasteiger charge is 2.23. The van der Waals surface area contributed by atoms with E-state index in [1.54, 1.807) is 19.3 Å². The molecule has 0 bridgehead atoms. The maximum Gasteiger partial charge on any atom is 0.358 e. The van der Waals surface area contributed by atoms with Crippen LogP contribution in [0.25, 0.3) is 5.69 Å². The van der Waals surface area contributed by atoms with Gasteiger partial charge in [-0.2, -0.15) is 0 Å². The van der Waals surface area contributed by atoms with Gasteiger partial charge in [0, 0.05) is 22.4 Å². The van der Waals surface area contributed by atoms with Crippen molar-refractivity contribution in [3.05, 3.63) is 76.0 Å². The monoisotopic (exact) mass is 410 g/mol. The number of pyridine rings is 1. The summed E-state index contributed by atoms with van der Waals surface area (Å²) in [6, 6.07) is 11.7. The second kappa shape index (κ2) is 6.84. The third-order valence-corrected chi connectivity index (χ3v) is 4.52. The molecule has 0 unspecified atom stereocenters. The molecule has 0 fully saturated rings. The lowest BCUT2D eigenvalue weighted by molar-refractivity contribution is 0.0520. The number of fused-ring (bicyclic) bond motifs is 3. The Balaban J connectivity index is 1.88. The van der Waals surface area contributed by atoms with Crippen molar-refractivity contribution in [1.29, 1.82) is 0 Å². The number of aromatic nitrogens is 3. The van der Waals surface area contributed by atoms with Gasteiger partial charge < -0.3 is 9.30 Å². The first kappa shape index (κ1) is 16.7. The maximum atomic E-state index is 12.0. The Bertz CT molecular complexity index is 1010. The molecule has 0 radical (unpaired) electrons. The predicted molar refractivity (Wildman–Crippen MR) is 101 cm³/mol. The number of nitrogens with zero attached hydrogens (tertiary/aromatic N) is 4. The van der Waals surface area contributed by atoms with Crippen LogP contribution in [-0.2, 0) is 11.3 Å². The van der Waals surface area contributed by atoms with Gasteiger partial charge in [-0.1, -0.05) is 22.0 Å². The minimum absolute atomic E-state index is 0.284. The second-order valence-electron chi connectivity index (χ2n) is 5.67. The normalized spacial score (nSPS) is 12.6. The van der Waals surface area contributed by atoms with Crippen LogP contribution in [0, 0.1) is 0 Å². The molecule has 1 aliphatic heterocycles. The fourth-order valence-corrected chi connectivity index (χ4v) is 3.27. The van der Waals surface area contributed by atoms with Crippen molar-refractivity contribution in [1.82, 2.24) is 14.5 Å². The van der Waals surface area contributed by atoms with Crippen LogP contribution in [0.2, 0.25) is 0 Å². The molecule has 2 aromatic heterocycles. The van der Waals surface area contributed by atoms with E-state index in [9.17, 15) is 4.79 Å². The molecule has 1 aliphatic rings. The summed E-state index contributed by atoms with van der Waals surface area (Å²) in [5.41, 5.74) is 3.69. The highest BCUT2D eigenvalue weighted by atomic mass is 79.9. The molecular formula is C19H15BrN4O2. The van der Waals surface area contributed by atoms with E-state index in [0.29, 0.717) is 19.0 Å². The maximum absolute atomic E-state index is 12.0. The standard InChI is InChI=1S/C19H15BrN4O2/c1-2-26-19(25)15-11-24-16-7-6-12(20)9-13(16)18(22-10-17(24)23-15)14-5-3-4-8-21-14/h3-9,11H,2,10H2,1H3. The zero-order valence-electron chi connectivity index (χ0n) is 14.0.